The van der Waals surface area contributed by atoms with Gasteiger partial charge < -0.3 is 0 Å². The molecule has 0 saturated carbocycles. The van der Waals surface area contributed by atoms with Crippen molar-refractivity contribution in [3.8, 4) is 11.3 Å². The van der Waals surface area contributed by atoms with E-state index in [1.807, 2.05) is 0 Å². The highest BCUT2D eigenvalue weighted by atomic mass is 19.1. The van der Waals surface area contributed by atoms with E-state index in [9.17, 15) is 9.18 Å². The van der Waals surface area contributed by atoms with Gasteiger partial charge in [0.25, 0.3) is 0 Å². The van der Waals surface area contributed by atoms with Crippen molar-refractivity contribution in [2.45, 2.75) is 6.92 Å². The molecule has 4 heteroatoms. The third kappa shape index (κ3) is 1.95. The van der Waals surface area contributed by atoms with E-state index in [2.05, 4.69) is 9.97 Å². The number of hydrogen-bond donors (Lipinski definition) is 0. The Morgan fingerprint density at radius 2 is 2.06 bits per heavy atom. The van der Waals surface area contributed by atoms with Gasteiger partial charge in [-0.2, -0.15) is 0 Å². The molecule has 80 valence electrons. The zero-order valence-electron chi connectivity index (χ0n) is 8.64. The van der Waals surface area contributed by atoms with Gasteiger partial charge in [-0.05, 0) is 36.8 Å². The smallest absolute Gasteiger partial charge is 0.168 e. The van der Waals surface area contributed by atoms with E-state index >= 15 is 0 Å². The number of hydrogen-bond acceptors (Lipinski definition) is 3. The van der Waals surface area contributed by atoms with Gasteiger partial charge in [0.2, 0.25) is 0 Å². The lowest BCUT2D eigenvalue weighted by atomic mass is 10.1. The standard InChI is InChI=1S/C12H9FN2O/c1-8-4-9(2-3-11(8)13)12-5-10(6-16)14-7-15-12/h2-7H,1H3. The molecular weight excluding hydrogens is 207 g/mol. The van der Waals surface area contributed by atoms with Crippen LogP contribution in [0.1, 0.15) is 16.1 Å². The van der Waals surface area contributed by atoms with Crippen LogP contribution in [0.25, 0.3) is 11.3 Å². The van der Waals surface area contributed by atoms with E-state index < -0.39 is 0 Å². The average molecular weight is 216 g/mol. The zero-order chi connectivity index (χ0) is 11.5. The molecule has 0 amide bonds. The summed E-state index contributed by atoms with van der Waals surface area (Å²) in [5.74, 6) is -0.256. The van der Waals surface area contributed by atoms with Crippen LogP contribution in [0.2, 0.25) is 0 Å². The Kier molecular flexibility index (Phi) is 2.72. The number of aldehydes is 1. The highest BCUT2D eigenvalue weighted by molar-refractivity contribution is 5.74. The maximum absolute atomic E-state index is 13.1. The highest BCUT2D eigenvalue weighted by Gasteiger charge is 2.04. The Morgan fingerprint density at radius 1 is 1.25 bits per heavy atom. The summed E-state index contributed by atoms with van der Waals surface area (Å²) in [5, 5.41) is 0. The van der Waals surface area contributed by atoms with Gasteiger partial charge in [-0.1, -0.05) is 0 Å². The lowest BCUT2D eigenvalue weighted by Gasteiger charge is -2.02. The van der Waals surface area contributed by atoms with Crippen molar-refractivity contribution in [1.82, 2.24) is 9.97 Å². The van der Waals surface area contributed by atoms with E-state index in [0.717, 1.165) is 5.56 Å². The average Bonchev–Trinajstić information content (AvgIpc) is 2.33. The molecule has 1 aromatic carbocycles. The summed E-state index contributed by atoms with van der Waals surface area (Å²) in [6, 6.07) is 6.26. The second-order valence-corrected chi connectivity index (χ2v) is 3.41. The second kappa shape index (κ2) is 4.18. The molecule has 0 aliphatic carbocycles. The summed E-state index contributed by atoms with van der Waals surface area (Å²) in [6.45, 7) is 1.68. The molecule has 0 bridgehead atoms. The monoisotopic (exact) mass is 216 g/mol. The van der Waals surface area contributed by atoms with E-state index in [1.54, 1.807) is 25.1 Å². The molecule has 0 aliphatic heterocycles. The van der Waals surface area contributed by atoms with Gasteiger partial charge >= 0.3 is 0 Å². The molecule has 1 heterocycles. The van der Waals surface area contributed by atoms with Crippen molar-refractivity contribution in [1.29, 1.82) is 0 Å². The molecule has 0 saturated heterocycles. The number of rotatable bonds is 2. The molecule has 0 aliphatic rings. The molecule has 0 spiro atoms. The van der Waals surface area contributed by atoms with Gasteiger partial charge in [0, 0.05) is 5.56 Å². The van der Waals surface area contributed by atoms with Gasteiger partial charge in [-0.3, -0.25) is 4.79 Å². The predicted molar refractivity (Wildman–Crippen MR) is 57.6 cm³/mol. The zero-order valence-corrected chi connectivity index (χ0v) is 8.64. The Hall–Kier alpha value is -2.10. The fraction of sp³-hybridized carbons (Fsp3) is 0.0833. The third-order valence-electron chi connectivity index (χ3n) is 2.26. The Labute approximate surface area is 92.0 Å². The molecule has 0 unspecified atom stereocenters. The molecule has 1 aromatic heterocycles. The predicted octanol–water partition coefficient (Wildman–Crippen LogP) is 2.40. The van der Waals surface area contributed by atoms with Gasteiger partial charge in [-0.25, -0.2) is 14.4 Å². The van der Waals surface area contributed by atoms with Crippen molar-refractivity contribution in [2.75, 3.05) is 0 Å². The van der Waals surface area contributed by atoms with Crippen LogP contribution in [0.3, 0.4) is 0 Å². The summed E-state index contributed by atoms with van der Waals surface area (Å²) in [4.78, 5) is 18.4. The Morgan fingerprint density at radius 3 is 2.75 bits per heavy atom. The van der Waals surface area contributed by atoms with Crippen molar-refractivity contribution < 1.29 is 9.18 Å². The number of nitrogens with zero attached hydrogens (tertiary/aromatic N) is 2. The molecule has 16 heavy (non-hydrogen) atoms. The van der Waals surface area contributed by atoms with E-state index in [-0.39, 0.29) is 5.82 Å². The molecule has 0 radical (unpaired) electrons. The quantitative estimate of drug-likeness (QED) is 0.724. The molecule has 0 N–H and O–H groups in total. The van der Waals surface area contributed by atoms with Gasteiger partial charge in [-0.15, -0.1) is 0 Å². The van der Waals surface area contributed by atoms with E-state index in [1.165, 1.54) is 12.4 Å². The summed E-state index contributed by atoms with van der Waals surface area (Å²) in [6.07, 6.45) is 1.97. The SMILES string of the molecule is Cc1cc(-c2cc(C=O)ncn2)ccc1F. The van der Waals surface area contributed by atoms with E-state index in [0.29, 0.717) is 23.2 Å². The summed E-state index contributed by atoms with van der Waals surface area (Å²) in [5.41, 5.74) is 2.24. The van der Waals surface area contributed by atoms with E-state index in [4.69, 9.17) is 0 Å². The second-order valence-electron chi connectivity index (χ2n) is 3.41. The fourth-order valence-corrected chi connectivity index (χ4v) is 1.40. The van der Waals surface area contributed by atoms with Crippen LogP contribution < -0.4 is 0 Å². The topological polar surface area (TPSA) is 42.9 Å². The van der Waals surface area contributed by atoms with Crippen molar-refractivity contribution >= 4 is 6.29 Å². The summed E-state index contributed by atoms with van der Waals surface area (Å²) in [7, 11) is 0. The molecule has 2 aromatic rings. The van der Waals surface area contributed by atoms with Crippen LogP contribution in [0, 0.1) is 12.7 Å². The van der Waals surface area contributed by atoms with Crippen LogP contribution in [0.5, 0.6) is 0 Å². The van der Waals surface area contributed by atoms with Crippen LogP contribution in [0.15, 0.2) is 30.6 Å². The maximum atomic E-state index is 13.1. The minimum Gasteiger partial charge on any atom is -0.296 e. The maximum Gasteiger partial charge on any atom is 0.168 e. The number of carbonyl (C=O) groups excluding carboxylic acids is 1. The molecular formula is C12H9FN2O. The minimum absolute atomic E-state index is 0.256. The Bertz CT molecular complexity index is 540. The lowest BCUT2D eigenvalue weighted by molar-refractivity contribution is 0.111. The van der Waals surface area contributed by atoms with Crippen LogP contribution in [0.4, 0.5) is 4.39 Å². The van der Waals surface area contributed by atoms with Crippen molar-refractivity contribution in [2.24, 2.45) is 0 Å². The van der Waals surface area contributed by atoms with Gasteiger partial charge in [0.15, 0.2) is 6.29 Å². The number of aromatic nitrogens is 2. The van der Waals surface area contributed by atoms with Gasteiger partial charge in [0.05, 0.1) is 5.69 Å². The first kappa shape index (κ1) is 10.4. The summed E-state index contributed by atoms with van der Waals surface area (Å²) < 4.78 is 13.1. The van der Waals surface area contributed by atoms with Gasteiger partial charge in [0.1, 0.15) is 17.8 Å². The number of carbonyl (C=O) groups is 1. The first-order chi connectivity index (χ1) is 7.70. The number of benzene rings is 1. The Balaban J connectivity index is 2.49. The third-order valence-corrected chi connectivity index (χ3v) is 2.26. The van der Waals surface area contributed by atoms with Crippen LogP contribution in [-0.2, 0) is 0 Å². The fourth-order valence-electron chi connectivity index (χ4n) is 1.40. The van der Waals surface area contributed by atoms with Crippen LogP contribution >= 0.6 is 0 Å². The van der Waals surface area contributed by atoms with Crippen LogP contribution in [-0.4, -0.2) is 16.3 Å². The van der Waals surface area contributed by atoms with Crippen molar-refractivity contribution in [3.63, 3.8) is 0 Å². The first-order valence-corrected chi connectivity index (χ1v) is 4.74. The highest BCUT2D eigenvalue weighted by Crippen LogP contribution is 2.19. The minimum atomic E-state index is -0.256. The normalized spacial score (nSPS) is 10.1. The molecule has 0 atom stereocenters. The van der Waals surface area contributed by atoms with Crippen molar-refractivity contribution in [3.05, 3.63) is 47.7 Å². The summed E-state index contributed by atoms with van der Waals surface area (Å²) >= 11 is 0. The molecule has 2 rings (SSSR count). The molecule has 0 fully saturated rings. The number of halogens is 1. The molecule has 3 nitrogen and oxygen atoms in total. The first-order valence-electron chi connectivity index (χ1n) is 4.74. The lowest BCUT2D eigenvalue weighted by Crippen LogP contribution is -1.92. The number of aryl methyl sites for hydroxylation is 1. The largest absolute Gasteiger partial charge is 0.296 e.